The number of rotatable bonds is 6. The molecule has 0 radical (unpaired) electrons. The molecule has 1 amide bonds. The molecular formula is C16H22FNO3. The van der Waals surface area contributed by atoms with Gasteiger partial charge >= 0.3 is 5.97 Å². The van der Waals surface area contributed by atoms with E-state index >= 15 is 0 Å². The molecule has 4 nitrogen and oxygen atoms in total. The topological polar surface area (TPSA) is 46.6 Å². The highest BCUT2D eigenvalue weighted by molar-refractivity contribution is 5.79. The lowest BCUT2D eigenvalue weighted by Crippen LogP contribution is -2.39. The average Bonchev–Trinajstić information content (AvgIpc) is 2.46. The molecule has 0 heterocycles. The molecule has 21 heavy (non-hydrogen) atoms. The number of benzene rings is 1. The van der Waals surface area contributed by atoms with Gasteiger partial charge in [-0.15, -0.1) is 0 Å². The second-order valence-electron chi connectivity index (χ2n) is 5.42. The van der Waals surface area contributed by atoms with Gasteiger partial charge in [-0.3, -0.25) is 9.59 Å². The molecule has 0 saturated heterocycles. The Morgan fingerprint density at radius 1 is 1.19 bits per heavy atom. The highest BCUT2D eigenvalue weighted by Crippen LogP contribution is 2.13. The fourth-order valence-electron chi connectivity index (χ4n) is 2.01. The second-order valence-corrected chi connectivity index (χ2v) is 5.42. The first kappa shape index (κ1) is 17.1. The molecule has 0 saturated carbocycles. The van der Waals surface area contributed by atoms with E-state index in [1.165, 1.54) is 19.2 Å². The van der Waals surface area contributed by atoms with Crippen molar-refractivity contribution in [2.24, 2.45) is 11.8 Å². The third kappa shape index (κ3) is 5.17. The van der Waals surface area contributed by atoms with Crippen LogP contribution in [0.1, 0.15) is 26.3 Å². The molecular weight excluding hydrogens is 273 g/mol. The van der Waals surface area contributed by atoms with E-state index in [0.717, 1.165) is 5.56 Å². The van der Waals surface area contributed by atoms with Gasteiger partial charge in [-0.25, -0.2) is 4.39 Å². The smallest absolute Gasteiger partial charge is 0.310 e. The van der Waals surface area contributed by atoms with Crippen LogP contribution in [0.5, 0.6) is 0 Å². The van der Waals surface area contributed by atoms with Crippen LogP contribution in [0.25, 0.3) is 0 Å². The third-order valence-electron chi connectivity index (χ3n) is 3.19. The second kappa shape index (κ2) is 7.76. The Kier molecular flexibility index (Phi) is 6.34. The molecule has 1 unspecified atom stereocenters. The summed E-state index contributed by atoms with van der Waals surface area (Å²) in [5.74, 6) is -1.29. The maximum Gasteiger partial charge on any atom is 0.310 e. The van der Waals surface area contributed by atoms with Crippen LogP contribution in [0.3, 0.4) is 0 Å². The molecule has 116 valence electrons. The Bertz CT molecular complexity index is 485. The lowest BCUT2D eigenvalue weighted by Gasteiger charge is -2.27. The van der Waals surface area contributed by atoms with Crippen molar-refractivity contribution in [1.82, 2.24) is 4.90 Å². The number of carbonyl (C=O) groups is 2. The van der Waals surface area contributed by atoms with Crippen LogP contribution in [-0.4, -0.2) is 30.4 Å². The minimum absolute atomic E-state index is 0.0462. The van der Waals surface area contributed by atoms with Crippen LogP contribution < -0.4 is 0 Å². The summed E-state index contributed by atoms with van der Waals surface area (Å²) in [6.45, 7) is 5.96. The minimum Gasteiger partial charge on any atom is -0.469 e. The Morgan fingerprint density at radius 3 is 2.24 bits per heavy atom. The van der Waals surface area contributed by atoms with E-state index < -0.39 is 5.92 Å². The summed E-state index contributed by atoms with van der Waals surface area (Å²) < 4.78 is 17.6. The summed E-state index contributed by atoms with van der Waals surface area (Å²) in [4.78, 5) is 25.4. The van der Waals surface area contributed by atoms with Crippen LogP contribution in [-0.2, 0) is 20.9 Å². The summed E-state index contributed by atoms with van der Waals surface area (Å²) >= 11 is 0. The zero-order valence-electron chi connectivity index (χ0n) is 12.9. The van der Waals surface area contributed by atoms with Gasteiger partial charge in [0.1, 0.15) is 5.82 Å². The number of hydrogen-bond acceptors (Lipinski definition) is 3. The number of methoxy groups -OCH3 is 1. The van der Waals surface area contributed by atoms with E-state index in [1.54, 1.807) is 24.0 Å². The average molecular weight is 295 g/mol. The molecule has 1 aromatic carbocycles. The number of nitrogens with zero attached hydrogens (tertiary/aromatic N) is 1. The van der Waals surface area contributed by atoms with E-state index in [9.17, 15) is 14.0 Å². The molecule has 0 N–H and O–H groups in total. The molecule has 0 fully saturated rings. The molecule has 1 aromatic rings. The van der Waals surface area contributed by atoms with Crippen molar-refractivity contribution in [2.45, 2.75) is 27.3 Å². The summed E-state index contributed by atoms with van der Waals surface area (Å²) in [7, 11) is 1.33. The highest BCUT2D eigenvalue weighted by atomic mass is 19.1. The largest absolute Gasteiger partial charge is 0.469 e. The number of halogens is 1. The highest BCUT2D eigenvalue weighted by Gasteiger charge is 2.23. The zero-order chi connectivity index (χ0) is 16.0. The van der Waals surface area contributed by atoms with Crippen molar-refractivity contribution in [1.29, 1.82) is 0 Å². The maximum atomic E-state index is 12.9. The van der Waals surface area contributed by atoms with Gasteiger partial charge in [0.05, 0.1) is 13.0 Å². The number of carbonyl (C=O) groups excluding carboxylic acids is 2. The first-order valence-corrected chi connectivity index (χ1v) is 6.96. The molecule has 0 spiro atoms. The summed E-state index contributed by atoms with van der Waals surface area (Å²) in [6.07, 6.45) is 0. The van der Waals surface area contributed by atoms with Crippen LogP contribution in [0, 0.1) is 17.7 Å². The van der Waals surface area contributed by atoms with Crippen molar-refractivity contribution in [3.05, 3.63) is 35.6 Å². The van der Waals surface area contributed by atoms with Gasteiger partial charge in [-0.1, -0.05) is 32.9 Å². The van der Waals surface area contributed by atoms with Gasteiger partial charge in [0.25, 0.3) is 0 Å². The fourth-order valence-corrected chi connectivity index (χ4v) is 2.01. The van der Waals surface area contributed by atoms with Crippen molar-refractivity contribution in [2.75, 3.05) is 13.7 Å². The predicted molar refractivity (Wildman–Crippen MR) is 77.8 cm³/mol. The van der Waals surface area contributed by atoms with Crippen molar-refractivity contribution >= 4 is 11.9 Å². The quantitative estimate of drug-likeness (QED) is 0.758. The third-order valence-corrected chi connectivity index (χ3v) is 3.19. The van der Waals surface area contributed by atoms with Crippen molar-refractivity contribution in [3.8, 4) is 0 Å². The number of amides is 1. The van der Waals surface area contributed by atoms with E-state index in [0.29, 0.717) is 6.54 Å². The van der Waals surface area contributed by atoms with Gasteiger partial charge in [0.2, 0.25) is 5.91 Å². The van der Waals surface area contributed by atoms with E-state index in [2.05, 4.69) is 0 Å². The SMILES string of the molecule is COC(=O)C(C)CN(Cc1ccc(F)cc1)C(=O)C(C)C. The lowest BCUT2D eigenvalue weighted by molar-refractivity contribution is -0.147. The summed E-state index contributed by atoms with van der Waals surface area (Å²) in [6, 6.07) is 5.99. The van der Waals surface area contributed by atoms with E-state index in [1.807, 2.05) is 13.8 Å². The molecule has 1 rings (SSSR count). The summed E-state index contributed by atoms with van der Waals surface area (Å²) in [5.41, 5.74) is 0.822. The molecule has 0 aliphatic heterocycles. The molecule has 0 aliphatic carbocycles. The lowest BCUT2D eigenvalue weighted by atomic mass is 10.1. The van der Waals surface area contributed by atoms with Crippen LogP contribution in [0.4, 0.5) is 4.39 Å². The van der Waals surface area contributed by atoms with Gasteiger partial charge in [0.15, 0.2) is 0 Å². The Morgan fingerprint density at radius 2 is 1.76 bits per heavy atom. The van der Waals surface area contributed by atoms with Crippen LogP contribution in [0.15, 0.2) is 24.3 Å². The Hall–Kier alpha value is -1.91. The van der Waals surface area contributed by atoms with Gasteiger partial charge < -0.3 is 9.64 Å². The van der Waals surface area contributed by atoms with Gasteiger partial charge in [0, 0.05) is 19.0 Å². The predicted octanol–water partition coefficient (Wildman–Crippen LogP) is 2.62. The van der Waals surface area contributed by atoms with Crippen LogP contribution >= 0.6 is 0 Å². The molecule has 5 heteroatoms. The Labute approximate surface area is 124 Å². The molecule has 0 aromatic heterocycles. The van der Waals surface area contributed by atoms with Crippen molar-refractivity contribution in [3.63, 3.8) is 0 Å². The first-order chi connectivity index (χ1) is 9.85. The standard InChI is InChI=1S/C16H22FNO3/c1-11(2)15(19)18(9-12(3)16(20)21-4)10-13-5-7-14(17)8-6-13/h5-8,11-12H,9-10H2,1-4H3. The zero-order valence-corrected chi connectivity index (χ0v) is 12.9. The van der Waals surface area contributed by atoms with Gasteiger partial charge in [-0.05, 0) is 17.7 Å². The summed E-state index contributed by atoms with van der Waals surface area (Å²) in [5, 5.41) is 0. The Balaban J connectivity index is 2.84. The fraction of sp³-hybridized carbons (Fsp3) is 0.500. The van der Waals surface area contributed by atoms with E-state index in [4.69, 9.17) is 4.74 Å². The monoisotopic (exact) mass is 295 g/mol. The normalized spacial score (nSPS) is 12.1. The minimum atomic E-state index is -0.404. The first-order valence-electron chi connectivity index (χ1n) is 6.96. The number of esters is 1. The maximum absolute atomic E-state index is 12.9. The van der Waals surface area contributed by atoms with Crippen molar-refractivity contribution < 1.29 is 18.7 Å². The molecule has 1 atom stereocenters. The van der Waals surface area contributed by atoms with E-state index in [-0.39, 0.29) is 30.2 Å². The molecule has 0 bridgehead atoms. The van der Waals surface area contributed by atoms with Gasteiger partial charge in [-0.2, -0.15) is 0 Å². The molecule has 0 aliphatic rings. The number of hydrogen-bond donors (Lipinski definition) is 0. The number of ether oxygens (including phenoxy) is 1. The van der Waals surface area contributed by atoms with Crippen LogP contribution in [0.2, 0.25) is 0 Å².